The lowest BCUT2D eigenvalue weighted by molar-refractivity contribution is 0.171. The van der Waals surface area contributed by atoms with Gasteiger partial charge in [0.15, 0.2) is 11.5 Å². The first kappa shape index (κ1) is 16.9. The number of aryl methyl sites for hydroxylation is 2. The molecule has 1 aromatic carbocycles. The van der Waals surface area contributed by atoms with Crippen molar-refractivity contribution in [3.8, 4) is 11.5 Å². The molecule has 4 rings (SSSR count). The molecule has 0 aliphatic carbocycles. The predicted molar refractivity (Wildman–Crippen MR) is 97.1 cm³/mol. The molecule has 0 radical (unpaired) electrons. The van der Waals surface area contributed by atoms with E-state index in [9.17, 15) is 8.42 Å². The van der Waals surface area contributed by atoms with E-state index in [4.69, 9.17) is 9.47 Å². The third kappa shape index (κ3) is 2.94. The van der Waals surface area contributed by atoms with Crippen LogP contribution in [-0.4, -0.2) is 32.5 Å². The molecule has 2 aromatic rings. The van der Waals surface area contributed by atoms with Gasteiger partial charge in [0.1, 0.15) is 13.2 Å². The van der Waals surface area contributed by atoms with Crippen molar-refractivity contribution in [2.75, 3.05) is 19.8 Å². The Morgan fingerprint density at radius 1 is 1.12 bits per heavy atom. The summed E-state index contributed by atoms with van der Waals surface area (Å²) in [5.74, 6) is 1.43. The van der Waals surface area contributed by atoms with Gasteiger partial charge >= 0.3 is 0 Å². The number of thiophene rings is 1. The van der Waals surface area contributed by atoms with E-state index in [2.05, 4.69) is 0 Å². The molecule has 1 saturated heterocycles. The molecule has 1 aromatic heterocycles. The van der Waals surface area contributed by atoms with Gasteiger partial charge in [-0.2, -0.15) is 4.31 Å². The van der Waals surface area contributed by atoms with Crippen LogP contribution in [0.2, 0.25) is 0 Å². The fourth-order valence-corrected chi connectivity index (χ4v) is 6.83. The molecule has 2 aliphatic heterocycles. The van der Waals surface area contributed by atoms with Gasteiger partial charge in [-0.25, -0.2) is 8.42 Å². The van der Waals surface area contributed by atoms with Crippen molar-refractivity contribution in [2.24, 2.45) is 0 Å². The molecule has 1 atom stereocenters. The van der Waals surface area contributed by atoms with Gasteiger partial charge in [-0.15, -0.1) is 11.3 Å². The summed E-state index contributed by atoms with van der Waals surface area (Å²) in [6.07, 6.45) is 1.68. The van der Waals surface area contributed by atoms with Gasteiger partial charge in [0.2, 0.25) is 10.0 Å². The molecule has 5 nitrogen and oxygen atoms in total. The van der Waals surface area contributed by atoms with Crippen molar-refractivity contribution in [3.63, 3.8) is 0 Å². The summed E-state index contributed by atoms with van der Waals surface area (Å²) < 4.78 is 39.3. The van der Waals surface area contributed by atoms with Gasteiger partial charge in [-0.1, -0.05) is 6.07 Å². The second-order valence-electron chi connectivity index (χ2n) is 6.45. The Labute approximate surface area is 152 Å². The molecule has 0 N–H and O–H groups in total. The average molecular weight is 380 g/mol. The normalized spacial score (nSPS) is 20.8. The minimum Gasteiger partial charge on any atom is -0.486 e. The molecule has 25 heavy (non-hydrogen) atoms. The Hall–Kier alpha value is -1.57. The fraction of sp³-hybridized carbons (Fsp3) is 0.444. The Balaban J connectivity index is 1.70. The highest BCUT2D eigenvalue weighted by Crippen LogP contribution is 2.41. The van der Waals surface area contributed by atoms with E-state index in [-0.39, 0.29) is 6.04 Å². The van der Waals surface area contributed by atoms with Crippen LogP contribution in [0.15, 0.2) is 29.2 Å². The van der Waals surface area contributed by atoms with E-state index < -0.39 is 10.0 Å². The summed E-state index contributed by atoms with van der Waals surface area (Å²) in [6, 6.07) is 7.40. The fourth-order valence-electron chi connectivity index (χ4n) is 3.62. The van der Waals surface area contributed by atoms with Crippen molar-refractivity contribution in [3.05, 3.63) is 39.6 Å². The van der Waals surface area contributed by atoms with E-state index >= 15 is 0 Å². The number of nitrogens with zero attached hydrogens (tertiary/aromatic N) is 1. The van der Waals surface area contributed by atoms with Crippen molar-refractivity contribution < 1.29 is 17.9 Å². The number of fused-ring (bicyclic) bond motifs is 1. The first-order valence-corrected chi connectivity index (χ1v) is 10.7. The topological polar surface area (TPSA) is 55.8 Å². The highest BCUT2D eigenvalue weighted by atomic mass is 32.2. The third-order valence-corrected chi connectivity index (χ3v) is 7.87. The summed E-state index contributed by atoms with van der Waals surface area (Å²) in [5, 5.41) is 0. The Kier molecular flexibility index (Phi) is 4.25. The average Bonchev–Trinajstić information content (AvgIpc) is 3.21. The molecule has 1 fully saturated rings. The Morgan fingerprint density at radius 3 is 2.60 bits per heavy atom. The number of rotatable bonds is 3. The lowest BCUT2D eigenvalue weighted by atomic mass is 10.0. The third-order valence-electron chi connectivity index (χ3n) is 4.74. The van der Waals surface area contributed by atoms with Crippen molar-refractivity contribution in [1.29, 1.82) is 0 Å². The monoisotopic (exact) mass is 379 g/mol. The maximum atomic E-state index is 13.2. The van der Waals surface area contributed by atoms with Crippen molar-refractivity contribution in [2.45, 2.75) is 37.6 Å². The SMILES string of the molecule is Cc1cc(S(=O)(=O)N2CCC[C@H]2c2ccc3c(c2)OCCO3)c(C)s1. The largest absolute Gasteiger partial charge is 0.486 e. The quantitative estimate of drug-likeness (QED) is 0.817. The molecule has 7 heteroatoms. The van der Waals surface area contributed by atoms with E-state index in [1.165, 1.54) is 11.3 Å². The van der Waals surface area contributed by atoms with Gasteiger partial charge in [-0.05, 0) is 50.5 Å². The lowest BCUT2D eigenvalue weighted by Gasteiger charge is -2.26. The second-order valence-corrected chi connectivity index (χ2v) is 9.77. The summed E-state index contributed by atoms with van der Waals surface area (Å²) >= 11 is 1.53. The standard InChI is InChI=1S/C18H21NO4S2/c1-12-10-18(13(2)24-12)25(20,21)19-7-3-4-15(19)14-5-6-16-17(11-14)23-9-8-22-16/h5-6,10-11,15H,3-4,7-9H2,1-2H3/t15-/m0/s1. The Bertz CT molecular complexity index is 904. The molecule has 134 valence electrons. The zero-order valence-corrected chi connectivity index (χ0v) is 16.0. The zero-order chi connectivity index (χ0) is 17.6. The maximum Gasteiger partial charge on any atom is 0.244 e. The van der Waals surface area contributed by atoms with Crippen LogP contribution in [0.25, 0.3) is 0 Å². The first-order valence-electron chi connectivity index (χ1n) is 8.45. The summed E-state index contributed by atoms with van der Waals surface area (Å²) in [5.41, 5.74) is 0.968. The van der Waals surface area contributed by atoms with Crippen LogP contribution < -0.4 is 9.47 Å². The minimum absolute atomic E-state index is 0.152. The molecular formula is C18H21NO4S2. The highest BCUT2D eigenvalue weighted by molar-refractivity contribution is 7.89. The van der Waals surface area contributed by atoms with Crippen LogP contribution in [0, 0.1) is 13.8 Å². The lowest BCUT2D eigenvalue weighted by Crippen LogP contribution is -2.31. The zero-order valence-electron chi connectivity index (χ0n) is 14.3. The molecule has 0 bridgehead atoms. The predicted octanol–water partition coefficient (Wildman–Crippen LogP) is 3.66. The molecule has 0 amide bonds. The van der Waals surface area contributed by atoms with Crippen LogP contribution >= 0.6 is 11.3 Å². The van der Waals surface area contributed by atoms with E-state index in [1.807, 2.05) is 32.0 Å². The number of hydrogen-bond acceptors (Lipinski definition) is 5. The van der Waals surface area contributed by atoms with E-state index in [0.717, 1.165) is 33.9 Å². The highest BCUT2D eigenvalue weighted by Gasteiger charge is 2.37. The number of hydrogen-bond donors (Lipinski definition) is 0. The number of ether oxygens (including phenoxy) is 2. The van der Waals surface area contributed by atoms with Gasteiger partial charge in [-0.3, -0.25) is 0 Å². The van der Waals surface area contributed by atoms with Gasteiger partial charge in [0, 0.05) is 16.3 Å². The number of benzene rings is 1. The molecular weight excluding hydrogens is 358 g/mol. The van der Waals surface area contributed by atoms with Crippen LogP contribution in [-0.2, 0) is 10.0 Å². The van der Waals surface area contributed by atoms with Gasteiger partial charge < -0.3 is 9.47 Å². The second kappa shape index (κ2) is 6.30. The van der Waals surface area contributed by atoms with Crippen molar-refractivity contribution in [1.82, 2.24) is 4.31 Å². The molecule has 3 heterocycles. The molecule has 0 spiro atoms. The number of sulfonamides is 1. The molecule has 0 unspecified atom stereocenters. The van der Waals surface area contributed by atoms with Crippen LogP contribution in [0.1, 0.15) is 34.2 Å². The summed E-state index contributed by atoms with van der Waals surface area (Å²) in [4.78, 5) is 2.32. The minimum atomic E-state index is -3.50. The van der Waals surface area contributed by atoms with Crippen LogP contribution in [0.5, 0.6) is 11.5 Å². The van der Waals surface area contributed by atoms with Gasteiger partial charge in [0.05, 0.1) is 10.9 Å². The first-order chi connectivity index (χ1) is 12.0. The molecule has 2 aliphatic rings. The summed E-state index contributed by atoms with van der Waals surface area (Å²) in [6.45, 7) is 5.44. The van der Waals surface area contributed by atoms with E-state index in [0.29, 0.717) is 30.4 Å². The smallest absolute Gasteiger partial charge is 0.244 e. The van der Waals surface area contributed by atoms with Gasteiger partial charge in [0.25, 0.3) is 0 Å². The molecule has 0 saturated carbocycles. The summed E-state index contributed by atoms with van der Waals surface area (Å²) in [7, 11) is -3.50. The van der Waals surface area contributed by atoms with Crippen LogP contribution in [0.4, 0.5) is 0 Å². The van der Waals surface area contributed by atoms with Crippen molar-refractivity contribution >= 4 is 21.4 Å². The maximum absolute atomic E-state index is 13.2. The van der Waals surface area contributed by atoms with Crippen LogP contribution in [0.3, 0.4) is 0 Å². The Morgan fingerprint density at radius 2 is 1.88 bits per heavy atom. The van der Waals surface area contributed by atoms with E-state index in [1.54, 1.807) is 10.4 Å².